The Kier molecular flexibility index (Phi) is 7.83. The highest BCUT2D eigenvalue weighted by molar-refractivity contribution is 4.44. The summed E-state index contributed by atoms with van der Waals surface area (Å²) in [5.74, 6) is 0. The van der Waals surface area contributed by atoms with Crippen molar-refractivity contribution in [2.45, 2.75) is 12.6 Å². The first kappa shape index (κ1) is 10.8. The van der Waals surface area contributed by atoms with Crippen LogP contribution in [0.5, 0.6) is 0 Å². The lowest BCUT2D eigenvalue weighted by Gasteiger charge is -2.08. The van der Waals surface area contributed by atoms with E-state index in [4.69, 9.17) is 14.6 Å². The lowest BCUT2D eigenvalue weighted by atomic mass is 10.5. The van der Waals surface area contributed by atoms with Gasteiger partial charge in [0.25, 0.3) is 0 Å². The van der Waals surface area contributed by atoms with Crippen LogP contribution in [0.3, 0.4) is 0 Å². The Hall–Kier alpha value is -0.160. The van der Waals surface area contributed by atoms with Crippen LogP contribution in [-0.4, -0.2) is 45.3 Å². The van der Waals surface area contributed by atoms with Crippen LogP contribution >= 0.6 is 0 Å². The minimum absolute atomic E-state index is 0.334. The smallest absolute Gasteiger partial charge is 0.128 e. The zero-order chi connectivity index (χ0) is 8.53. The van der Waals surface area contributed by atoms with Gasteiger partial charge in [-0.2, -0.15) is 0 Å². The number of hydrogen-bond donors (Lipinski definition) is 2. The van der Waals surface area contributed by atoms with Gasteiger partial charge in [-0.05, 0) is 13.5 Å². The third-order valence-electron chi connectivity index (χ3n) is 1.25. The van der Waals surface area contributed by atoms with Gasteiger partial charge in [-0.15, -0.1) is 0 Å². The van der Waals surface area contributed by atoms with Gasteiger partial charge in [-0.3, -0.25) is 5.32 Å². The fourth-order valence-corrected chi connectivity index (χ4v) is 0.584. The van der Waals surface area contributed by atoms with Crippen LogP contribution in [-0.2, 0) is 9.47 Å². The Bertz CT molecular complexity index is 80.1. The van der Waals surface area contributed by atoms with Crippen LogP contribution < -0.4 is 5.32 Å². The second-order valence-corrected chi connectivity index (χ2v) is 2.23. The van der Waals surface area contributed by atoms with Crippen molar-refractivity contribution in [3.8, 4) is 0 Å². The Morgan fingerprint density at radius 1 is 1.45 bits per heavy atom. The maximum absolute atomic E-state index is 8.95. The Morgan fingerprint density at radius 3 is 2.73 bits per heavy atom. The molecule has 11 heavy (non-hydrogen) atoms. The van der Waals surface area contributed by atoms with E-state index < -0.39 is 6.23 Å². The zero-order valence-corrected chi connectivity index (χ0v) is 7.17. The van der Waals surface area contributed by atoms with Crippen molar-refractivity contribution < 1.29 is 14.6 Å². The van der Waals surface area contributed by atoms with Gasteiger partial charge >= 0.3 is 0 Å². The molecule has 4 heteroatoms. The summed E-state index contributed by atoms with van der Waals surface area (Å²) in [4.78, 5) is 0. The van der Waals surface area contributed by atoms with Gasteiger partial charge in [0, 0.05) is 20.3 Å². The Balaban J connectivity index is 2.89. The standard InChI is InChI=1S/C7H17NO3/c1-8-7(9)6-11-5-3-4-10-2/h7-9H,3-6H2,1-2H3. The van der Waals surface area contributed by atoms with E-state index >= 15 is 0 Å². The first-order valence-corrected chi connectivity index (χ1v) is 3.73. The number of ether oxygens (including phenoxy) is 2. The van der Waals surface area contributed by atoms with Crippen molar-refractivity contribution in [1.82, 2.24) is 5.32 Å². The number of likely N-dealkylation sites (N-methyl/N-ethyl adjacent to an activating group) is 1. The zero-order valence-electron chi connectivity index (χ0n) is 7.17. The van der Waals surface area contributed by atoms with E-state index in [1.807, 2.05) is 0 Å². The number of methoxy groups -OCH3 is 1. The second-order valence-electron chi connectivity index (χ2n) is 2.23. The van der Waals surface area contributed by atoms with E-state index in [0.29, 0.717) is 19.8 Å². The minimum Gasteiger partial charge on any atom is -0.385 e. The van der Waals surface area contributed by atoms with Gasteiger partial charge in [-0.25, -0.2) is 0 Å². The largest absolute Gasteiger partial charge is 0.385 e. The van der Waals surface area contributed by atoms with E-state index in [-0.39, 0.29) is 0 Å². The Labute approximate surface area is 67.5 Å². The molecule has 4 nitrogen and oxygen atoms in total. The Morgan fingerprint density at radius 2 is 2.18 bits per heavy atom. The first-order chi connectivity index (χ1) is 5.31. The molecule has 1 unspecified atom stereocenters. The fourth-order valence-electron chi connectivity index (χ4n) is 0.584. The molecule has 0 amide bonds. The molecule has 0 aliphatic carbocycles. The molecule has 68 valence electrons. The molecule has 0 saturated heterocycles. The molecule has 0 bridgehead atoms. The predicted molar refractivity (Wildman–Crippen MR) is 42.4 cm³/mol. The van der Waals surface area contributed by atoms with Crippen molar-refractivity contribution >= 4 is 0 Å². The molecule has 0 fully saturated rings. The number of rotatable bonds is 7. The summed E-state index contributed by atoms with van der Waals surface area (Å²) < 4.78 is 9.91. The van der Waals surface area contributed by atoms with E-state index in [1.54, 1.807) is 14.2 Å². The molecule has 0 radical (unpaired) electrons. The summed E-state index contributed by atoms with van der Waals surface area (Å²) in [7, 11) is 3.34. The van der Waals surface area contributed by atoms with Crippen LogP contribution in [0.25, 0.3) is 0 Å². The van der Waals surface area contributed by atoms with E-state index in [0.717, 1.165) is 6.42 Å². The van der Waals surface area contributed by atoms with E-state index in [2.05, 4.69) is 5.32 Å². The molecule has 0 saturated carbocycles. The molecular formula is C7H17NO3. The van der Waals surface area contributed by atoms with Crippen molar-refractivity contribution in [3.63, 3.8) is 0 Å². The van der Waals surface area contributed by atoms with Gasteiger partial charge in [0.05, 0.1) is 6.61 Å². The fraction of sp³-hybridized carbons (Fsp3) is 1.00. The molecule has 0 aliphatic heterocycles. The van der Waals surface area contributed by atoms with Crippen molar-refractivity contribution in [2.75, 3.05) is 34.0 Å². The molecule has 0 aromatic heterocycles. The summed E-state index contributed by atoms with van der Waals surface area (Å²) in [6.45, 7) is 1.67. The molecule has 0 aliphatic rings. The number of hydrogen-bond acceptors (Lipinski definition) is 4. The summed E-state index contributed by atoms with van der Waals surface area (Å²) in [6, 6.07) is 0. The first-order valence-electron chi connectivity index (χ1n) is 3.73. The summed E-state index contributed by atoms with van der Waals surface area (Å²) >= 11 is 0. The van der Waals surface area contributed by atoms with E-state index in [9.17, 15) is 0 Å². The van der Waals surface area contributed by atoms with Crippen LogP contribution in [0.1, 0.15) is 6.42 Å². The second kappa shape index (κ2) is 7.94. The molecule has 0 heterocycles. The summed E-state index contributed by atoms with van der Waals surface area (Å²) in [5.41, 5.74) is 0. The van der Waals surface area contributed by atoms with Crippen molar-refractivity contribution in [2.24, 2.45) is 0 Å². The molecular weight excluding hydrogens is 146 g/mol. The average Bonchev–Trinajstić information content (AvgIpc) is 2.04. The summed E-state index contributed by atoms with van der Waals surface area (Å²) in [5, 5.41) is 11.6. The van der Waals surface area contributed by atoms with Gasteiger partial charge < -0.3 is 14.6 Å². The predicted octanol–water partition coefficient (Wildman–Crippen LogP) is -0.423. The number of aliphatic hydroxyl groups excluding tert-OH is 1. The number of aliphatic hydroxyl groups is 1. The quantitative estimate of drug-likeness (QED) is 0.395. The molecule has 0 aromatic carbocycles. The minimum atomic E-state index is -0.558. The van der Waals surface area contributed by atoms with Crippen LogP contribution in [0.4, 0.5) is 0 Å². The maximum Gasteiger partial charge on any atom is 0.128 e. The topological polar surface area (TPSA) is 50.7 Å². The molecule has 0 rings (SSSR count). The molecule has 0 aromatic rings. The molecule has 1 atom stereocenters. The summed E-state index contributed by atoms with van der Waals surface area (Å²) in [6.07, 6.45) is 0.310. The lowest BCUT2D eigenvalue weighted by Crippen LogP contribution is -2.29. The van der Waals surface area contributed by atoms with Crippen molar-refractivity contribution in [1.29, 1.82) is 0 Å². The van der Waals surface area contributed by atoms with Gasteiger partial charge in [-0.1, -0.05) is 0 Å². The van der Waals surface area contributed by atoms with Gasteiger partial charge in [0.1, 0.15) is 6.23 Å². The maximum atomic E-state index is 8.95. The highest BCUT2D eigenvalue weighted by Gasteiger charge is 1.97. The lowest BCUT2D eigenvalue weighted by molar-refractivity contribution is 0.0164. The third-order valence-corrected chi connectivity index (χ3v) is 1.25. The van der Waals surface area contributed by atoms with Crippen LogP contribution in [0.15, 0.2) is 0 Å². The van der Waals surface area contributed by atoms with Crippen LogP contribution in [0, 0.1) is 0 Å². The van der Waals surface area contributed by atoms with Gasteiger partial charge in [0.2, 0.25) is 0 Å². The molecule has 0 spiro atoms. The van der Waals surface area contributed by atoms with Gasteiger partial charge in [0.15, 0.2) is 0 Å². The van der Waals surface area contributed by atoms with Crippen molar-refractivity contribution in [3.05, 3.63) is 0 Å². The normalized spacial score (nSPS) is 13.4. The monoisotopic (exact) mass is 163 g/mol. The van der Waals surface area contributed by atoms with E-state index in [1.165, 1.54) is 0 Å². The highest BCUT2D eigenvalue weighted by atomic mass is 16.5. The highest BCUT2D eigenvalue weighted by Crippen LogP contribution is 1.84. The SMILES string of the molecule is CNC(O)COCCCOC. The average molecular weight is 163 g/mol. The molecule has 2 N–H and O–H groups in total. The third kappa shape index (κ3) is 7.74. The van der Waals surface area contributed by atoms with Crippen LogP contribution in [0.2, 0.25) is 0 Å². The number of nitrogens with one attached hydrogen (secondary N) is 1.